The number of carbonyl (C=O) groups is 1. The lowest BCUT2D eigenvalue weighted by Crippen LogP contribution is -2.44. The van der Waals surface area contributed by atoms with Crippen LogP contribution in [0.15, 0.2) is 48.5 Å². The van der Waals surface area contributed by atoms with Gasteiger partial charge in [0.25, 0.3) is 0 Å². The quantitative estimate of drug-likeness (QED) is 0.934. The van der Waals surface area contributed by atoms with E-state index >= 15 is 0 Å². The normalized spacial score (nSPS) is 22.8. The summed E-state index contributed by atoms with van der Waals surface area (Å²) in [4.78, 5) is 14.8. The van der Waals surface area contributed by atoms with Crippen molar-refractivity contribution in [2.24, 2.45) is 5.92 Å². The van der Waals surface area contributed by atoms with Gasteiger partial charge in [0.2, 0.25) is 0 Å². The molecule has 0 amide bonds. The maximum Gasteiger partial charge on any atom is 0.167 e. The minimum Gasteiger partial charge on any atom is -0.385 e. The van der Waals surface area contributed by atoms with Crippen LogP contribution in [-0.4, -0.2) is 35.4 Å². The minimum absolute atomic E-state index is 0.0226. The summed E-state index contributed by atoms with van der Waals surface area (Å²) in [6, 6.07) is 14.0. The maximum absolute atomic E-state index is 13.1. The summed E-state index contributed by atoms with van der Waals surface area (Å²) >= 11 is 0. The van der Waals surface area contributed by atoms with Crippen molar-refractivity contribution in [3.05, 3.63) is 71.0 Å². The number of ketones is 1. The number of halogens is 1. The summed E-state index contributed by atoms with van der Waals surface area (Å²) in [5.41, 5.74) is 1.90. The van der Waals surface area contributed by atoms with Crippen LogP contribution in [0.25, 0.3) is 0 Å². The first-order valence-corrected chi connectivity index (χ1v) is 8.88. The van der Waals surface area contributed by atoms with Crippen molar-refractivity contribution in [1.82, 2.24) is 4.90 Å². The van der Waals surface area contributed by atoms with Crippen LogP contribution in [0, 0.1) is 11.7 Å². The van der Waals surface area contributed by atoms with Crippen LogP contribution in [0.1, 0.15) is 34.3 Å². The highest BCUT2D eigenvalue weighted by atomic mass is 19.1. The standard InChI is InChI=1S/C21H22FNO2/c22-18-7-5-17(6-8-18)21(25)9-11-23(12-10-21)14-16-13-15-3-1-2-4-19(15)20(16)24/h1-8,16,25H,9-14H2. The van der Waals surface area contributed by atoms with Crippen molar-refractivity contribution >= 4 is 5.78 Å². The predicted molar refractivity (Wildman–Crippen MR) is 93.9 cm³/mol. The molecule has 0 saturated carbocycles. The average molecular weight is 339 g/mol. The fourth-order valence-electron chi connectivity index (χ4n) is 4.13. The molecule has 1 N–H and O–H groups in total. The Morgan fingerprint density at radius 1 is 1.08 bits per heavy atom. The van der Waals surface area contributed by atoms with Gasteiger partial charge in [0, 0.05) is 31.1 Å². The van der Waals surface area contributed by atoms with Crippen LogP contribution in [0.2, 0.25) is 0 Å². The molecule has 0 bridgehead atoms. The zero-order valence-electron chi connectivity index (χ0n) is 14.1. The van der Waals surface area contributed by atoms with Crippen LogP contribution >= 0.6 is 0 Å². The van der Waals surface area contributed by atoms with E-state index in [1.807, 2.05) is 24.3 Å². The zero-order chi connectivity index (χ0) is 17.4. The van der Waals surface area contributed by atoms with Crippen molar-refractivity contribution in [1.29, 1.82) is 0 Å². The van der Waals surface area contributed by atoms with Crippen LogP contribution in [0.3, 0.4) is 0 Å². The van der Waals surface area contributed by atoms with E-state index in [0.717, 1.165) is 42.7 Å². The van der Waals surface area contributed by atoms with Crippen LogP contribution in [0.4, 0.5) is 4.39 Å². The smallest absolute Gasteiger partial charge is 0.167 e. The van der Waals surface area contributed by atoms with E-state index in [2.05, 4.69) is 4.90 Å². The molecule has 2 aliphatic rings. The second kappa shape index (κ2) is 6.36. The van der Waals surface area contributed by atoms with Gasteiger partial charge in [-0.1, -0.05) is 36.4 Å². The first-order chi connectivity index (χ1) is 12.0. The molecule has 130 valence electrons. The van der Waals surface area contributed by atoms with Gasteiger partial charge in [-0.25, -0.2) is 4.39 Å². The molecule has 1 aliphatic carbocycles. The zero-order valence-corrected chi connectivity index (χ0v) is 14.1. The average Bonchev–Trinajstić information content (AvgIpc) is 2.94. The van der Waals surface area contributed by atoms with Crippen molar-refractivity contribution in [2.75, 3.05) is 19.6 Å². The van der Waals surface area contributed by atoms with E-state index in [-0.39, 0.29) is 17.5 Å². The van der Waals surface area contributed by atoms with E-state index in [1.54, 1.807) is 12.1 Å². The first-order valence-electron chi connectivity index (χ1n) is 8.88. The molecule has 1 aliphatic heterocycles. The number of benzene rings is 2. The van der Waals surface area contributed by atoms with Crippen molar-refractivity contribution in [3.63, 3.8) is 0 Å². The van der Waals surface area contributed by atoms with E-state index in [9.17, 15) is 14.3 Å². The summed E-state index contributed by atoms with van der Waals surface area (Å²) in [5, 5.41) is 10.9. The first kappa shape index (κ1) is 16.4. The van der Waals surface area contributed by atoms with Gasteiger partial charge in [-0.3, -0.25) is 4.79 Å². The number of rotatable bonds is 3. The number of hydrogen-bond acceptors (Lipinski definition) is 3. The number of piperidine rings is 1. The largest absolute Gasteiger partial charge is 0.385 e. The Hall–Kier alpha value is -2.04. The minimum atomic E-state index is -0.896. The second-order valence-corrected chi connectivity index (χ2v) is 7.26. The summed E-state index contributed by atoms with van der Waals surface area (Å²) in [6.07, 6.45) is 2.02. The van der Waals surface area contributed by atoms with E-state index < -0.39 is 5.60 Å². The number of hydrogen-bond donors (Lipinski definition) is 1. The highest BCUT2D eigenvalue weighted by Crippen LogP contribution is 2.34. The monoisotopic (exact) mass is 339 g/mol. The Morgan fingerprint density at radius 3 is 2.44 bits per heavy atom. The summed E-state index contributed by atoms with van der Waals surface area (Å²) in [5.74, 6) is -0.0199. The summed E-state index contributed by atoms with van der Waals surface area (Å²) in [7, 11) is 0. The molecular weight excluding hydrogens is 317 g/mol. The Bertz CT molecular complexity index is 779. The Kier molecular flexibility index (Phi) is 4.18. The molecule has 1 saturated heterocycles. The van der Waals surface area contributed by atoms with Crippen molar-refractivity contribution in [2.45, 2.75) is 24.9 Å². The molecule has 1 atom stereocenters. The third kappa shape index (κ3) is 3.12. The fourth-order valence-corrected chi connectivity index (χ4v) is 4.13. The van der Waals surface area contributed by atoms with E-state index in [1.165, 1.54) is 12.1 Å². The molecule has 0 radical (unpaired) electrons. The number of nitrogens with zero attached hydrogens (tertiary/aromatic N) is 1. The number of aliphatic hydroxyl groups is 1. The third-order valence-corrected chi connectivity index (χ3v) is 5.66. The summed E-state index contributed by atoms with van der Waals surface area (Å²) < 4.78 is 13.1. The van der Waals surface area contributed by atoms with Gasteiger partial charge in [0.1, 0.15) is 5.82 Å². The number of likely N-dealkylation sites (tertiary alicyclic amines) is 1. The molecular formula is C21H22FNO2. The van der Waals surface area contributed by atoms with Gasteiger partial charge in [0.15, 0.2) is 5.78 Å². The number of fused-ring (bicyclic) bond motifs is 1. The van der Waals surface area contributed by atoms with Crippen LogP contribution in [-0.2, 0) is 12.0 Å². The van der Waals surface area contributed by atoms with Gasteiger partial charge < -0.3 is 10.0 Å². The number of carbonyl (C=O) groups excluding carboxylic acids is 1. The highest BCUT2D eigenvalue weighted by molar-refractivity contribution is 6.02. The van der Waals surface area contributed by atoms with Crippen molar-refractivity contribution < 1.29 is 14.3 Å². The maximum atomic E-state index is 13.1. The number of Topliss-reactive ketones (excluding diaryl/α,β-unsaturated/α-hetero) is 1. The molecule has 25 heavy (non-hydrogen) atoms. The molecule has 0 spiro atoms. The van der Waals surface area contributed by atoms with Gasteiger partial charge in [-0.2, -0.15) is 0 Å². The molecule has 3 nitrogen and oxygen atoms in total. The van der Waals surface area contributed by atoms with Crippen LogP contribution in [0.5, 0.6) is 0 Å². The highest BCUT2D eigenvalue weighted by Gasteiger charge is 2.37. The third-order valence-electron chi connectivity index (χ3n) is 5.66. The van der Waals surface area contributed by atoms with Crippen molar-refractivity contribution in [3.8, 4) is 0 Å². The fraction of sp³-hybridized carbons (Fsp3) is 0.381. The molecule has 4 rings (SSSR count). The van der Waals surface area contributed by atoms with E-state index in [0.29, 0.717) is 12.8 Å². The Labute approximate surface area is 147 Å². The SMILES string of the molecule is O=C1c2ccccc2CC1CN1CCC(O)(c2ccc(F)cc2)CC1. The lowest BCUT2D eigenvalue weighted by atomic mass is 9.84. The summed E-state index contributed by atoms with van der Waals surface area (Å²) in [6.45, 7) is 2.23. The van der Waals surface area contributed by atoms with Crippen LogP contribution < -0.4 is 0 Å². The Morgan fingerprint density at radius 2 is 1.76 bits per heavy atom. The molecule has 1 heterocycles. The molecule has 2 aromatic rings. The molecule has 1 unspecified atom stereocenters. The predicted octanol–water partition coefficient (Wildman–Crippen LogP) is 3.16. The molecule has 2 aromatic carbocycles. The van der Waals surface area contributed by atoms with Gasteiger partial charge in [-0.05, 0) is 42.5 Å². The Balaban J connectivity index is 1.38. The van der Waals surface area contributed by atoms with Gasteiger partial charge >= 0.3 is 0 Å². The molecule has 4 heteroatoms. The van der Waals surface area contributed by atoms with Gasteiger partial charge in [0.05, 0.1) is 5.60 Å². The topological polar surface area (TPSA) is 40.5 Å². The second-order valence-electron chi connectivity index (χ2n) is 7.26. The lowest BCUT2D eigenvalue weighted by Gasteiger charge is -2.39. The molecule has 1 fully saturated rings. The van der Waals surface area contributed by atoms with Gasteiger partial charge in [-0.15, -0.1) is 0 Å². The van der Waals surface area contributed by atoms with E-state index in [4.69, 9.17) is 0 Å². The molecule has 0 aromatic heterocycles. The lowest BCUT2D eigenvalue weighted by molar-refractivity contribution is -0.0279.